The Balaban J connectivity index is 1.84. The quantitative estimate of drug-likeness (QED) is 0.615. The third-order valence-electron chi connectivity index (χ3n) is 3.65. The number of thiocarbonyl (C=S) groups is 1. The molecule has 2 heterocycles. The number of amides is 1. The number of carbonyl (C=O) groups is 1. The van der Waals surface area contributed by atoms with Gasteiger partial charge in [0.25, 0.3) is 5.91 Å². The number of nitrogens with zero attached hydrogens (tertiary/aromatic N) is 2. The van der Waals surface area contributed by atoms with E-state index in [2.05, 4.69) is 11.9 Å². The van der Waals surface area contributed by atoms with E-state index in [0.29, 0.717) is 9.23 Å². The van der Waals surface area contributed by atoms with Gasteiger partial charge in [0.2, 0.25) is 0 Å². The fourth-order valence-corrected chi connectivity index (χ4v) is 3.74. The van der Waals surface area contributed by atoms with Gasteiger partial charge in [0, 0.05) is 19.3 Å². The van der Waals surface area contributed by atoms with Crippen molar-refractivity contribution in [3.05, 3.63) is 53.1 Å². The van der Waals surface area contributed by atoms with Crippen molar-refractivity contribution < 1.29 is 4.79 Å². The second-order valence-corrected chi connectivity index (χ2v) is 6.73. The van der Waals surface area contributed by atoms with E-state index in [4.69, 9.17) is 12.2 Å². The maximum absolute atomic E-state index is 12.5. The lowest BCUT2D eigenvalue weighted by atomic mass is 10.2. The molecule has 0 aliphatic carbocycles. The monoisotopic (exact) mass is 316 g/mol. The minimum Gasteiger partial charge on any atom is -0.378 e. The average Bonchev–Trinajstić information content (AvgIpc) is 3.01. The van der Waals surface area contributed by atoms with E-state index in [1.165, 1.54) is 23.9 Å². The van der Waals surface area contributed by atoms with Crippen LogP contribution in [0.2, 0.25) is 0 Å². The number of thioether (sulfide) groups is 1. The summed E-state index contributed by atoms with van der Waals surface area (Å²) in [4.78, 5) is 17.0. The van der Waals surface area contributed by atoms with Crippen LogP contribution in [0.4, 0.5) is 5.69 Å². The number of hydrogen-bond donors (Lipinski definition) is 0. The van der Waals surface area contributed by atoms with Crippen molar-refractivity contribution in [3.63, 3.8) is 0 Å². The van der Waals surface area contributed by atoms with E-state index in [0.717, 1.165) is 18.7 Å². The first-order chi connectivity index (χ1) is 10.2. The van der Waals surface area contributed by atoms with Gasteiger partial charge in [0.05, 0.1) is 10.6 Å². The van der Waals surface area contributed by atoms with E-state index >= 15 is 0 Å². The van der Waals surface area contributed by atoms with Crippen molar-refractivity contribution in [2.45, 2.75) is 12.8 Å². The maximum atomic E-state index is 12.5. The molecule has 1 amide bonds. The SMILES string of the molecule is CN1CCC/C1=C\C=C1\SC(=S)N(c2ccccc2)C1=O. The molecule has 3 nitrogen and oxygen atoms in total. The van der Waals surface area contributed by atoms with Crippen LogP contribution >= 0.6 is 24.0 Å². The molecule has 108 valence electrons. The molecule has 0 N–H and O–H groups in total. The zero-order valence-corrected chi connectivity index (χ0v) is 13.4. The summed E-state index contributed by atoms with van der Waals surface area (Å²) in [6.07, 6.45) is 6.21. The molecule has 0 atom stereocenters. The van der Waals surface area contributed by atoms with Crippen LogP contribution in [0.3, 0.4) is 0 Å². The summed E-state index contributed by atoms with van der Waals surface area (Å²) < 4.78 is 0.593. The van der Waals surface area contributed by atoms with Crippen LogP contribution in [0.25, 0.3) is 0 Å². The number of carbonyl (C=O) groups excluding carboxylic acids is 1. The molecule has 0 saturated carbocycles. The van der Waals surface area contributed by atoms with Crippen LogP contribution in [0.1, 0.15) is 12.8 Å². The average molecular weight is 316 g/mol. The van der Waals surface area contributed by atoms with Crippen molar-refractivity contribution in [2.75, 3.05) is 18.5 Å². The lowest BCUT2D eigenvalue weighted by Crippen LogP contribution is -2.27. The molecular weight excluding hydrogens is 300 g/mol. The van der Waals surface area contributed by atoms with E-state index in [-0.39, 0.29) is 5.91 Å². The molecule has 0 bridgehead atoms. The maximum Gasteiger partial charge on any atom is 0.270 e. The highest BCUT2D eigenvalue weighted by molar-refractivity contribution is 8.27. The predicted octanol–water partition coefficient (Wildman–Crippen LogP) is 3.54. The molecule has 5 heteroatoms. The topological polar surface area (TPSA) is 23.6 Å². The highest BCUT2D eigenvalue weighted by Crippen LogP contribution is 2.35. The van der Waals surface area contributed by atoms with Gasteiger partial charge in [-0.3, -0.25) is 9.69 Å². The molecule has 2 aliphatic heterocycles. The first-order valence-electron chi connectivity index (χ1n) is 6.90. The summed E-state index contributed by atoms with van der Waals surface area (Å²) in [6.45, 7) is 1.09. The Labute approximate surface area is 134 Å². The van der Waals surface area contributed by atoms with Crippen LogP contribution in [-0.4, -0.2) is 28.7 Å². The number of para-hydroxylation sites is 1. The van der Waals surface area contributed by atoms with Gasteiger partial charge in [0.1, 0.15) is 0 Å². The fraction of sp³-hybridized carbons (Fsp3) is 0.250. The Bertz CT molecular complexity index is 637. The molecule has 0 aromatic heterocycles. The molecule has 0 spiro atoms. The smallest absolute Gasteiger partial charge is 0.270 e. The molecule has 0 unspecified atom stereocenters. The lowest BCUT2D eigenvalue weighted by Gasteiger charge is -2.13. The van der Waals surface area contributed by atoms with E-state index in [1.807, 2.05) is 42.5 Å². The highest BCUT2D eigenvalue weighted by Gasteiger charge is 2.32. The lowest BCUT2D eigenvalue weighted by molar-refractivity contribution is -0.113. The van der Waals surface area contributed by atoms with Gasteiger partial charge in [-0.2, -0.15) is 0 Å². The van der Waals surface area contributed by atoms with Gasteiger partial charge in [-0.25, -0.2) is 0 Å². The Kier molecular flexibility index (Phi) is 4.12. The first kappa shape index (κ1) is 14.4. The normalized spacial score (nSPS) is 22.9. The number of rotatable bonds is 2. The summed E-state index contributed by atoms with van der Waals surface area (Å²) in [5.41, 5.74) is 2.11. The molecule has 1 aromatic carbocycles. The third-order valence-corrected chi connectivity index (χ3v) is 4.97. The van der Waals surface area contributed by atoms with Gasteiger partial charge < -0.3 is 4.90 Å². The summed E-state index contributed by atoms with van der Waals surface area (Å²) in [5.74, 6) is -0.0336. The third kappa shape index (κ3) is 2.89. The van der Waals surface area contributed by atoms with Crippen LogP contribution in [0, 0.1) is 0 Å². The number of likely N-dealkylation sites (tertiary alicyclic amines) is 1. The summed E-state index contributed by atoms with van der Waals surface area (Å²) in [7, 11) is 2.09. The van der Waals surface area contributed by atoms with E-state index in [1.54, 1.807) is 4.90 Å². The molecule has 2 fully saturated rings. The van der Waals surface area contributed by atoms with Gasteiger partial charge in [-0.1, -0.05) is 42.2 Å². The van der Waals surface area contributed by atoms with E-state index < -0.39 is 0 Å². The summed E-state index contributed by atoms with van der Waals surface area (Å²) in [5, 5.41) is 0. The number of benzene rings is 1. The molecule has 0 radical (unpaired) electrons. The van der Waals surface area contributed by atoms with Gasteiger partial charge in [-0.05, 0) is 37.1 Å². The molecule has 1 aromatic rings. The minimum absolute atomic E-state index is 0.0336. The number of allylic oxidation sites excluding steroid dienone is 3. The largest absolute Gasteiger partial charge is 0.378 e. The molecule has 2 aliphatic rings. The number of anilines is 1. The van der Waals surface area contributed by atoms with E-state index in [9.17, 15) is 4.79 Å². The van der Waals surface area contributed by atoms with Crippen molar-refractivity contribution in [2.24, 2.45) is 0 Å². The van der Waals surface area contributed by atoms with Crippen molar-refractivity contribution in [3.8, 4) is 0 Å². The summed E-state index contributed by atoms with van der Waals surface area (Å²) in [6, 6.07) is 9.55. The Morgan fingerprint density at radius 2 is 2.00 bits per heavy atom. The number of hydrogen-bond acceptors (Lipinski definition) is 4. The van der Waals surface area contributed by atoms with Crippen molar-refractivity contribution >= 4 is 39.9 Å². The van der Waals surface area contributed by atoms with Crippen LogP contribution in [0.15, 0.2) is 53.1 Å². The second kappa shape index (κ2) is 6.03. The van der Waals surface area contributed by atoms with Crippen LogP contribution in [0.5, 0.6) is 0 Å². The highest BCUT2D eigenvalue weighted by atomic mass is 32.2. The molecular formula is C16H16N2OS2. The second-order valence-electron chi connectivity index (χ2n) is 5.06. The van der Waals surface area contributed by atoms with Crippen molar-refractivity contribution in [1.82, 2.24) is 4.90 Å². The van der Waals surface area contributed by atoms with Gasteiger partial charge >= 0.3 is 0 Å². The predicted molar refractivity (Wildman–Crippen MR) is 92.1 cm³/mol. The minimum atomic E-state index is -0.0336. The summed E-state index contributed by atoms with van der Waals surface area (Å²) >= 11 is 6.71. The Morgan fingerprint density at radius 1 is 1.24 bits per heavy atom. The van der Waals surface area contributed by atoms with Crippen LogP contribution in [-0.2, 0) is 4.79 Å². The fourth-order valence-electron chi connectivity index (χ4n) is 2.50. The van der Waals surface area contributed by atoms with Crippen LogP contribution < -0.4 is 4.90 Å². The first-order valence-corrected chi connectivity index (χ1v) is 8.12. The standard InChI is InChI=1S/C16H16N2OS2/c1-17-11-5-8-12(17)9-10-14-15(19)18(16(20)21-14)13-6-3-2-4-7-13/h2-4,6-7,9-10H,5,8,11H2,1H3/b12-9+,14-10+. The molecule has 21 heavy (non-hydrogen) atoms. The Morgan fingerprint density at radius 3 is 2.67 bits per heavy atom. The molecule has 3 rings (SSSR count). The zero-order chi connectivity index (χ0) is 14.8. The zero-order valence-electron chi connectivity index (χ0n) is 11.8. The molecule has 2 saturated heterocycles. The Hall–Kier alpha value is -1.59. The van der Waals surface area contributed by atoms with Crippen molar-refractivity contribution in [1.29, 1.82) is 0 Å². The van der Waals surface area contributed by atoms with Gasteiger partial charge in [-0.15, -0.1) is 0 Å². The van der Waals surface area contributed by atoms with Gasteiger partial charge in [0.15, 0.2) is 4.32 Å².